The summed E-state index contributed by atoms with van der Waals surface area (Å²) >= 11 is 3.52. The van der Waals surface area contributed by atoms with Crippen molar-refractivity contribution in [3.05, 3.63) is 40.6 Å². The molecule has 0 bridgehead atoms. The summed E-state index contributed by atoms with van der Waals surface area (Å²) in [5, 5.41) is 2.40. The molecule has 0 saturated heterocycles. The first-order valence-corrected chi connectivity index (χ1v) is 4.56. The molecule has 12 heavy (non-hydrogen) atoms. The lowest BCUT2D eigenvalue weighted by Gasteiger charge is -2.00. The minimum absolute atomic E-state index is 1.14. The second-order valence-corrected chi connectivity index (χ2v) is 3.70. The van der Waals surface area contributed by atoms with Gasteiger partial charge in [-0.2, -0.15) is 0 Å². The van der Waals surface area contributed by atoms with Crippen molar-refractivity contribution in [1.82, 2.24) is 4.98 Å². The minimum atomic E-state index is 1.14. The Bertz CT molecular complexity index is 423. The number of rotatable bonds is 0. The van der Waals surface area contributed by atoms with Gasteiger partial charge in [0.25, 0.3) is 0 Å². The van der Waals surface area contributed by atoms with Gasteiger partial charge in [0, 0.05) is 22.3 Å². The van der Waals surface area contributed by atoms with Crippen molar-refractivity contribution in [2.45, 2.75) is 6.92 Å². The van der Waals surface area contributed by atoms with Crippen LogP contribution in [-0.2, 0) is 0 Å². The highest BCUT2D eigenvalue weighted by atomic mass is 79.9. The number of aryl methyl sites for hydroxylation is 1. The van der Waals surface area contributed by atoms with Crippen LogP contribution in [0.1, 0.15) is 5.56 Å². The Balaban J connectivity index is 2.89. The van der Waals surface area contributed by atoms with Crippen molar-refractivity contribution in [2.24, 2.45) is 0 Å². The molecule has 1 nitrogen and oxygen atoms in total. The number of hydrogen-bond acceptors (Lipinski definition) is 1. The summed E-state index contributed by atoms with van der Waals surface area (Å²) in [6.07, 6.45) is 3.69. The minimum Gasteiger partial charge on any atom is -0.264 e. The molecular formula is C10H8BrN. The summed E-state index contributed by atoms with van der Waals surface area (Å²) < 4.78 is 1.14. The molecule has 2 rings (SSSR count). The summed E-state index contributed by atoms with van der Waals surface area (Å²) in [5.74, 6) is 0. The van der Waals surface area contributed by atoms with Gasteiger partial charge in [0.05, 0.1) is 0 Å². The topological polar surface area (TPSA) is 12.9 Å². The molecule has 1 aromatic heterocycles. The van der Waals surface area contributed by atoms with E-state index in [2.05, 4.69) is 40.0 Å². The van der Waals surface area contributed by atoms with Crippen molar-refractivity contribution < 1.29 is 0 Å². The van der Waals surface area contributed by atoms with Gasteiger partial charge in [0.2, 0.25) is 0 Å². The summed E-state index contributed by atoms with van der Waals surface area (Å²) in [6, 6.07) is 6.26. The first kappa shape index (κ1) is 7.74. The zero-order valence-corrected chi connectivity index (χ0v) is 8.30. The van der Waals surface area contributed by atoms with Gasteiger partial charge in [-0.15, -0.1) is 0 Å². The molecule has 60 valence electrons. The summed E-state index contributed by atoms with van der Waals surface area (Å²) in [5.41, 5.74) is 1.25. The normalized spacial score (nSPS) is 10.5. The number of hydrogen-bond donors (Lipinski definition) is 0. The van der Waals surface area contributed by atoms with E-state index >= 15 is 0 Å². The van der Waals surface area contributed by atoms with Crippen molar-refractivity contribution in [3.63, 3.8) is 0 Å². The smallest absolute Gasteiger partial charge is 0.0346 e. The molecular weight excluding hydrogens is 214 g/mol. The molecule has 0 aliphatic carbocycles. The average molecular weight is 222 g/mol. The standard InChI is InChI=1S/C10H8BrN/c1-7-4-8-6-12-3-2-9(8)10(11)5-7/h2-6H,1H3. The number of nitrogens with zero attached hydrogens (tertiary/aromatic N) is 1. The molecule has 0 N–H and O–H groups in total. The number of halogens is 1. The van der Waals surface area contributed by atoms with Gasteiger partial charge < -0.3 is 0 Å². The van der Waals surface area contributed by atoms with Crippen molar-refractivity contribution in [1.29, 1.82) is 0 Å². The fourth-order valence-electron chi connectivity index (χ4n) is 1.30. The summed E-state index contributed by atoms with van der Waals surface area (Å²) in [7, 11) is 0. The third kappa shape index (κ3) is 1.23. The van der Waals surface area contributed by atoms with Crippen LogP contribution < -0.4 is 0 Å². The molecule has 0 unspecified atom stereocenters. The second-order valence-electron chi connectivity index (χ2n) is 2.84. The molecule has 2 heteroatoms. The Kier molecular flexibility index (Phi) is 1.85. The molecule has 1 aromatic carbocycles. The van der Waals surface area contributed by atoms with E-state index in [4.69, 9.17) is 0 Å². The molecule has 0 radical (unpaired) electrons. The number of aromatic nitrogens is 1. The zero-order valence-electron chi connectivity index (χ0n) is 6.71. The van der Waals surface area contributed by atoms with E-state index in [1.807, 2.05) is 18.5 Å². The van der Waals surface area contributed by atoms with Gasteiger partial charge in [0.15, 0.2) is 0 Å². The average Bonchev–Trinajstić information content (AvgIpc) is 2.04. The maximum atomic E-state index is 4.07. The van der Waals surface area contributed by atoms with Crippen molar-refractivity contribution in [3.8, 4) is 0 Å². The van der Waals surface area contributed by atoms with Crippen LogP contribution in [0.15, 0.2) is 35.1 Å². The maximum absolute atomic E-state index is 4.07. The largest absolute Gasteiger partial charge is 0.264 e. The Hall–Kier alpha value is -0.890. The van der Waals surface area contributed by atoms with Gasteiger partial charge in [-0.3, -0.25) is 4.98 Å². The Labute approximate surface area is 79.6 Å². The SMILES string of the molecule is Cc1cc(Br)c2ccncc2c1. The van der Waals surface area contributed by atoms with Gasteiger partial charge in [-0.05, 0) is 36.1 Å². The molecule has 0 fully saturated rings. The highest BCUT2D eigenvalue weighted by Gasteiger charge is 1.97. The van der Waals surface area contributed by atoms with Crippen molar-refractivity contribution in [2.75, 3.05) is 0 Å². The first-order chi connectivity index (χ1) is 5.77. The Morgan fingerprint density at radius 2 is 2.17 bits per heavy atom. The molecule has 0 aliphatic rings. The van der Waals surface area contributed by atoms with Crippen LogP contribution in [0.4, 0.5) is 0 Å². The second kappa shape index (κ2) is 2.87. The predicted octanol–water partition coefficient (Wildman–Crippen LogP) is 3.31. The van der Waals surface area contributed by atoms with E-state index in [0.717, 1.165) is 4.47 Å². The van der Waals surface area contributed by atoms with Crippen LogP contribution in [-0.4, -0.2) is 4.98 Å². The summed E-state index contributed by atoms with van der Waals surface area (Å²) in [4.78, 5) is 4.07. The fourth-order valence-corrected chi connectivity index (χ4v) is 2.03. The first-order valence-electron chi connectivity index (χ1n) is 3.77. The Morgan fingerprint density at radius 1 is 1.33 bits per heavy atom. The highest BCUT2D eigenvalue weighted by Crippen LogP contribution is 2.24. The number of fused-ring (bicyclic) bond motifs is 1. The van der Waals surface area contributed by atoms with E-state index in [1.165, 1.54) is 16.3 Å². The molecule has 0 atom stereocenters. The highest BCUT2D eigenvalue weighted by molar-refractivity contribution is 9.10. The lowest BCUT2D eigenvalue weighted by Crippen LogP contribution is -1.79. The van der Waals surface area contributed by atoms with Gasteiger partial charge in [0.1, 0.15) is 0 Å². The van der Waals surface area contributed by atoms with Crippen LogP contribution in [0.5, 0.6) is 0 Å². The van der Waals surface area contributed by atoms with E-state index < -0.39 is 0 Å². The maximum Gasteiger partial charge on any atom is 0.0346 e. The van der Waals surface area contributed by atoms with E-state index in [-0.39, 0.29) is 0 Å². The van der Waals surface area contributed by atoms with E-state index in [0.29, 0.717) is 0 Å². The quantitative estimate of drug-likeness (QED) is 0.666. The Morgan fingerprint density at radius 3 is 3.00 bits per heavy atom. The molecule has 2 aromatic rings. The van der Waals surface area contributed by atoms with Crippen LogP contribution in [0.2, 0.25) is 0 Å². The van der Waals surface area contributed by atoms with Gasteiger partial charge in [-0.25, -0.2) is 0 Å². The molecule has 0 saturated carbocycles. The summed E-state index contributed by atoms with van der Waals surface area (Å²) in [6.45, 7) is 2.08. The lowest BCUT2D eigenvalue weighted by atomic mass is 10.1. The monoisotopic (exact) mass is 221 g/mol. The fraction of sp³-hybridized carbons (Fsp3) is 0.100. The van der Waals surface area contributed by atoms with E-state index in [1.54, 1.807) is 0 Å². The lowest BCUT2D eigenvalue weighted by molar-refractivity contribution is 1.35. The van der Waals surface area contributed by atoms with Crippen LogP contribution in [0.25, 0.3) is 10.8 Å². The third-order valence-electron chi connectivity index (χ3n) is 1.85. The molecule has 1 heterocycles. The number of pyridine rings is 1. The molecule has 0 amide bonds. The third-order valence-corrected chi connectivity index (χ3v) is 2.50. The van der Waals surface area contributed by atoms with Gasteiger partial charge in [-0.1, -0.05) is 15.9 Å². The van der Waals surface area contributed by atoms with E-state index in [9.17, 15) is 0 Å². The van der Waals surface area contributed by atoms with Gasteiger partial charge >= 0.3 is 0 Å². The molecule has 0 spiro atoms. The zero-order chi connectivity index (χ0) is 8.55. The van der Waals surface area contributed by atoms with Crippen molar-refractivity contribution >= 4 is 26.7 Å². The predicted molar refractivity (Wildman–Crippen MR) is 54.2 cm³/mol. The van der Waals surface area contributed by atoms with Crippen LogP contribution in [0, 0.1) is 6.92 Å². The van der Waals surface area contributed by atoms with Crippen LogP contribution in [0.3, 0.4) is 0 Å². The van der Waals surface area contributed by atoms with Crippen LogP contribution >= 0.6 is 15.9 Å². The number of benzene rings is 1. The molecule has 0 aliphatic heterocycles.